The number of rotatable bonds is 14. The minimum Gasteiger partial charge on any atom is -0.497 e. The zero-order chi connectivity index (χ0) is 30.0. The lowest BCUT2D eigenvalue weighted by atomic mass is 10.1. The third-order valence-corrected chi connectivity index (χ3v) is 8.44. The number of benzene rings is 3. The smallest absolute Gasteiger partial charge is 0.264 e. The van der Waals surface area contributed by atoms with E-state index in [2.05, 4.69) is 5.32 Å². The van der Waals surface area contributed by atoms with Gasteiger partial charge in [0.05, 0.1) is 24.8 Å². The Labute approximate surface area is 243 Å². The highest BCUT2D eigenvalue weighted by molar-refractivity contribution is 7.92. The summed E-state index contributed by atoms with van der Waals surface area (Å²) in [6.07, 6.45) is 1.08. The number of methoxy groups -OCH3 is 2. The number of nitrogens with one attached hydrogen (secondary N) is 1. The predicted molar refractivity (Wildman–Crippen MR) is 160 cm³/mol. The van der Waals surface area contributed by atoms with E-state index in [9.17, 15) is 18.0 Å². The Kier molecular flexibility index (Phi) is 11.2. The van der Waals surface area contributed by atoms with E-state index < -0.39 is 28.5 Å². The molecule has 3 aromatic carbocycles. The van der Waals surface area contributed by atoms with Crippen molar-refractivity contribution in [2.24, 2.45) is 0 Å². The van der Waals surface area contributed by atoms with Crippen molar-refractivity contribution in [1.29, 1.82) is 0 Å². The van der Waals surface area contributed by atoms with Crippen LogP contribution in [0.3, 0.4) is 0 Å². The van der Waals surface area contributed by atoms with Gasteiger partial charge in [0, 0.05) is 19.2 Å². The summed E-state index contributed by atoms with van der Waals surface area (Å²) in [6, 6.07) is 19.4. The van der Waals surface area contributed by atoms with Crippen LogP contribution in [0.2, 0.25) is 0 Å². The van der Waals surface area contributed by atoms with Gasteiger partial charge in [-0.15, -0.1) is 0 Å². The maximum atomic E-state index is 14.1. The highest BCUT2D eigenvalue weighted by atomic mass is 32.2. The molecular formula is C31H39N3O6S. The van der Waals surface area contributed by atoms with Gasteiger partial charge in [0.2, 0.25) is 11.8 Å². The van der Waals surface area contributed by atoms with Gasteiger partial charge in [-0.3, -0.25) is 13.9 Å². The number of carbonyl (C=O) groups excluding carboxylic acids is 2. The van der Waals surface area contributed by atoms with Gasteiger partial charge in [0.15, 0.2) is 0 Å². The summed E-state index contributed by atoms with van der Waals surface area (Å²) in [7, 11) is -1.13. The van der Waals surface area contributed by atoms with Crippen LogP contribution in [0.5, 0.6) is 11.5 Å². The molecule has 0 aromatic heterocycles. The van der Waals surface area contributed by atoms with Gasteiger partial charge in [-0.25, -0.2) is 8.42 Å². The second kappa shape index (κ2) is 14.5. The number of nitrogens with zero attached hydrogens (tertiary/aromatic N) is 2. The molecule has 0 aliphatic heterocycles. The number of hydrogen-bond acceptors (Lipinski definition) is 6. The fourth-order valence-electron chi connectivity index (χ4n) is 4.38. The molecule has 0 spiro atoms. The Balaban J connectivity index is 2.08. The van der Waals surface area contributed by atoms with Crippen LogP contribution < -0.4 is 19.1 Å². The Morgan fingerprint density at radius 1 is 0.902 bits per heavy atom. The van der Waals surface area contributed by atoms with Crippen molar-refractivity contribution in [1.82, 2.24) is 10.2 Å². The lowest BCUT2D eigenvalue weighted by Gasteiger charge is -2.33. The van der Waals surface area contributed by atoms with Crippen LogP contribution in [0.1, 0.15) is 37.8 Å². The van der Waals surface area contributed by atoms with Gasteiger partial charge >= 0.3 is 0 Å². The largest absolute Gasteiger partial charge is 0.497 e. The van der Waals surface area contributed by atoms with E-state index in [0.717, 1.165) is 21.9 Å². The first-order valence-corrected chi connectivity index (χ1v) is 15.0. The number of sulfonamides is 1. The Bertz CT molecular complexity index is 1430. The maximum absolute atomic E-state index is 14.1. The summed E-state index contributed by atoms with van der Waals surface area (Å²) in [5.41, 5.74) is 1.91. The van der Waals surface area contributed by atoms with Crippen molar-refractivity contribution in [3.05, 3.63) is 83.9 Å². The fourth-order valence-corrected chi connectivity index (χ4v) is 5.79. The minimum atomic E-state index is -4.17. The van der Waals surface area contributed by atoms with Crippen molar-refractivity contribution < 1.29 is 27.5 Å². The summed E-state index contributed by atoms with van der Waals surface area (Å²) < 4.78 is 39.7. The molecule has 0 aliphatic carbocycles. The molecule has 0 bridgehead atoms. The Hall–Kier alpha value is -4.05. The Morgan fingerprint density at radius 2 is 1.54 bits per heavy atom. The number of anilines is 1. The van der Waals surface area contributed by atoms with Crippen molar-refractivity contribution in [3.63, 3.8) is 0 Å². The van der Waals surface area contributed by atoms with E-state index in [1.54, 1.807) is 61.7 Å². The quantitative estimate of drug-likeness (QED) is 0.300. The first-order valence-electron chi connectivity index (χ1n) is 13.6. The van der Waals surface area contributed by atoms with E-state index >= 15 is 0 Å². The van der Waals surface area contributed by atoms with Crippen molar-refractivity contribution in [3.8, 4) is 11.5 Å². The molecule has 220 valence electrons. The van der Waals surface area contributed by atoms with Crippen LogP contribution in [0.15, 0.2) is 77.7 Å². The molecule has 0 fully saturated rings. The summed E-state index contributed by atoms with van der Waals surface area (Å²) in [6.45, 7) is 5.67. The van der Waals surface area contributed by atoms with E-state index in [4.69, 9.17) is 9.47 Å². The summed E-state index contributed by atoms with van der Waals surface area (Å²) in [5.74, 6) is 0.237. The van der Waals surface area contributed by atoms with E-state index in [1.165, 1.54) is 24.1 Å². The Morgan fingerprint density at radius 3 is 2.15 bits per heavy atom. The highest BCUT2D eigenvalue weighted by Gasteiger charge is 2.33. The normalized spacial score (nSPS) is 11.8. The third-order valence-electron chi connectivity index (χ3n) is 6.65. The van der Waals surface area contributed by atoms with Gasteiger partial charge in [0.25, 0.3) is 10.0 Å². The molecule has 9 nitrogen and oxygen atoms in total. The predicted octanol–water partition coefficient (Wildman–Crippen LogP) is 4.54. The molecule has 0 heterocycles. The van der Waals surface area contributed by atoms with Gasteiger partial charge in [0.1, 0.15) is 24.1 Å². The van der Waals surface area contributed by atoms with Gasteiger partial charge in [-0.2, -0.15) is 0 Å². The second-order valence-electron chi connectivity index (χ2n) is 9.61. The topological polar surface area (TPSA) is 105 Å². The summed E-state index contributed by atoms with van der Waals surface area (Å²) in [4.78, 5) is 28.8. The molecule has 3 aromatic rings. The van der Waals surface area contributed by atoms with Gasteiger partial charge in [-0.1, -0.05) is 49.7 Å². The molecule has 3 rings (SSSR count). The molecule has 41 heavy (non-hydrogen) atoms. The zero-order valence-corrected chi connectivity index (χ0v) is 25.1. The average molecular weight is 582 g/mol. The molecule has 0 aliphatic rings. The van der Waals surface area contributed by atoms with Crippen molar-refractivity contribution in [2.75, 3.05) is 31.6 Å². The SMILES string of the molecule is CCCNC(=O)C(CC)N(Cc1cccc(OC)c1)C(=O)CN(c1cccc(OC)c1)S(=O)(=O)c1ccc(C)cc1. The van der Waals surface area contributed by atoms with Crippen LogP contribution in [-0.4, -0.2) is 58.5 Å². The van der Waals surface area contributed by atoms with Crippen LogP contribution in [0.4, 0.5) is 5.69 Å². The zero-order valence-electron chi connectivity index (χ0n) is 24.3. The maximum Gasteiger partial charge on any atom is 0.264 e. The van der Waals surface area contributed by atoms with E-state index in [1.807, 2.05) is 26.8 Å². The number of amides is 2. The summed E-state index contributed by atoms with van der Waals surface area (Å²) in [5, 5.41) is 2.88. The van der Waals surface area contributed by atoms with Gasteiger partial charge in [-0.05, 0) is 61.7 Å². The number of aryl methyl sites for hydroxylation is 1. The molecule has 1 unspecified atom stereocenters. The first kappa shape index (κ1) is 31.5. The number of carbonyl (C=O) groups is 2. The van der Waals surface area contributed by atoms with Crippen LogP contribution in [-0.2, 0) is 26.2 Å². The molecule has 0 saturated heterocycles. The van der Waals surface area contributed by atoms with Crippen molar-refractivity contribution >= 4 is 27.5 Å². The fraction of sp³-hybridized carbons (Fsp3) is 0.355. The molecule has 1 atom stereocenters. The molecule has 0 radical (unpaired) electrons. The van der Waals surface area contributed by atoms with Crippen LogP contribution in [0.25, 0.3) is 0 Å². The first-order chi connectivity index (χ1) is 19.6. The van der Waals surface area contributed by atoms with E-state index in [0.29, 0.717) is 24.5 Å². The van der Waals surface area contributed by atoms with E-state index in [-0.39, 0.29) is 23.0 Å². The third kappa shape index (κ3) is 8.00. The minimum absolute atomic E-state index is 0.0470. The number of hydrogen-bond donors (Lipinski definition) is 1. The number of ether oxygens (including phenoxy) is 2. The average Bonchev–Trinajstić information content (AvgIpc) is 2.98. The second-order valence-corrected chi connectivity index (χ2v) is 11.5. The molecule has 10 heteroatoms. The molecular weight excluding hydrogens is 542 g/mol. The monoisotopic (exact) mass is 581 g/mol. The highest BCUT2D eigenvalue weighted by Crippen LogP contribution is 2.28. The summed E-state index contributed by atoms with van der Waals surface area (Å²) >= 11 is 0. The molecule has 0 saturated carbocycles. The van der Waals surface area contributed by atoms with Crippen molar-refractivity contribution in [2.45, 2.75) is 51.1 Å². The van der Waals surface area contributed by atoms with Crippen LogP contribution in [0, 0.1) is 6.92 Å². The lowest BCUT2D eigenvalue weighted by Crippen LogP contribution is -2.52. The van der Waals surface area contributed by atoms with Gasteiger partial charge < -0.3 is 19.7 Å². The van der Waals surface area contributed by atoms with Crippen LogP contribution >= 0.6 is 0 Å². The molecule has 2 amide bonds. The lowest BCUT2D eigenvalue weighted by molar-refractivity contribution is -0.140. The standard InChI is InChI=1S/C31H39N3O6S/c1-6-18-32-31(36)29(7-2)33(21-24-10-8-12-26(19-24)39-4)30(35)22-34(25-11-9-13-27(20-25)40-5)41(37,38)28-16-14-23(3)15-17-28/h8-17,19-20,29H,6-7,18,21-22H2,1-5H3,(H,32,36). The molecule has 1 N–H and O–H groups in total.